The van der Waals surface area contributed by atoms with Crippen molar-refractivity contribution in [1.82, 2.24) is 5.32 Å². The number of hydrogen-bond acceptors (Lipinski definition) is 2. The summed E-state index contributed by atoms with van der Waals surface area (Å²) in [7, 11) is 1.76. The number of hydrogen-bond donors (Lipinski definition) is 1. The predicted molar refractivity (Wildman–Crippen MR) is 77.8 cm³/mol. The number of methoxy groups -OCH3 is 1. The Morgan fingerprint density at radius 3 is 2.50 bits per heavy atom. The molecule has 0 saturated heterocycles. The van der Waals surface area contributed by atoms with E-state index in [1.54, 1.807) is 7.11 Å². The van der Waals surface area contributed by atoms with E-state index in [2.05, 4.69) is 49.5 Å². The monoisotopic (exact) mass is 249 g/mol. The Bertz CT molecular complexity index is 299. The second-order valence-electron chi connectivity index (χ2n) is 4.95. The maximum atomic E-state index is 5.14. The molecule has 0 aromatic heterocycles. The molecule has 0 aliphatic rings. The third-order valence-electron chi connectivity index (χ3n) is 3.29. The Hall–Kier alpha value is -0.860. The van der Waals surface area contributed by atoms with Gasteiger partial charge < -0.3 is 10.1 Å². The van der Waals surface area contributed by atoms with Crippen molar-refractivity contribution in [2.45, 2.75) is 51.6 Å². The molecule has 0 aliphatic carbocycles. The topological polar surface area (TPSA) is 21.3 Å². The minimum Gasteiger partial charge on any atom is -0.385 e. The van der Waals surface area contributed by atoms with Gasteiger partial charge in [-0.2, -0.15) is 0 Å². The molecule has 0 fully saturated rings. The summed E-state index contributed by atoms with van der Waals surface area (Å²) >= 11 is 0. The van der Waals surface area contributed by atoms with Crippen molar-refractivity contribution < 1.29 is 4.74 Å². The number of benzene rings is 1. The molecule has 102 valence electrons. The Balaban J connectivity index is 2.55. The maximum Gasteiger partial charge on any atom is 0.0476 e. The highest BCUT2D eigenvalue weighted by molar-refractivity contribution is 5.18. The van der Waals surface area contributed by atoms with Crippen molar-refractivity contribution in [2.75, 3.05) is 13.7 Å². The van der Waals surface area contributed by atoms with Crippen LogP contribution in [0.1, 0.15) is 51.1 Å². The molecule has 1 aromatic carbocycles. The Kier molecular flexibility index (Phi) is 7.70. The normalized spacial score (nSPS) is 14.4. The van der Waals surface area contributed by atoms with Gasteiger partial charge in [0.15, 0.2) is 0 Å². The number of nitrogens with one attached hydrogen (secondary N) is 1. The van der Waals surface area contributed by atoms with Crippen LogP contribution in [0.4, 0.5) is 0 Å². The van der Waals surface area contributed by atoms with Crippen molar-refractivity contribution in [3.63, 3.8) is 0 Å². The van der Waals surface area contributed by atoms with E-state index in [0.717, 1.165) is 13.0 Å². The Labute approximate surface area is 112 Å². The quantitative estimate of drug-likeness (QED) is 0.716. The summed E-state index contributed by atoms with van der Waals surface area (Å²) in [6.45, 7) is 5.31. The molecule has 0 amide bonds. The fourth-order valence-electron chi connectivity index (χ4n) is 2.16. The molecule has 0 bridgehead atoms. The summed E-state index contributed by atoms with van der Waals surface area (Å²) in [6, 6.07) is 11.7. The molecule has 2 atom stereocenters. The predicted octanol–water partition coefficient (Wildman–Crippen LogP) is 3.93. The van der Waals surface area contributed by atoms with Gasteiger partial charge in [0, 0.05) is 25.8 Å². The van der Waals surface area contributed by atoms with Crippen LogP contribution in [-0.4, -0.2) is 19.8 Å². The van der Waals surface area contributed by atoms with E-state index < -0.39 is 0 Å². The van der Waals surface area contributed by atoms with Gasteiger partial charge in [-0.3, -0.25) is 0 Å². The lowest BCUT2D eigenvalue weighted by atomic mass is 10.00. The van der Waals surface area contributed by atoms with Gasteiger partial charge in [-0.05, 0) is 25.3 Å². The van der Waals surface area contributed by atoms with Crippen LogP contribution < -0.4 is 5.32 Å². The molecule has 1 N–H and O–H groups in total. The molecule has 0 saturated carbocycles. The van der Waals surface area contributed by atoms with Gasteiger partial charge in [0.1, 0.15) is 0 Å². The first kappa shape index (κ1) is 15.2. The standard InChI is InChI=1S/C16H27NO/c1-4-5-11-16(15-9-7-6-8-10-15)17-14(2)12-13-18-3/h6-10,14,16-17H,4-5,11-13H2,1-3H3. The zero-order valence-corrected chi connectivity index (χ0v) is 12.0. The summed E-state index contributed by atoms with van der Waals surface area (Å²) in [4.78, 5) is 0. The average molecular weight is 249 g/mol. The SMILES string of the molecule is CCCCC(NC(C)CCOC)c1ccccc1. The van der Waals surface area contributed by atoms with Crippen LogP contribution in [0.5, 0.6) is 0 Å². The van der Waals surface area contributed by atoms with Gasteiger partial charge in [0.25, 0.3) is 0 Å². The molecular weight excluding hydrogens is 222 g/mol. The highest BCUT2D eigenvalue weighted by Crippen LogP contribution is 2.20. The summed E-state index contributed by atoms with van der Waals surface area (Å²) in [5.41, 5.74) is 1.40. The lowest BCUT2D eigenvalue weighted by Gasteiger charge is -2.23. The zero-order valence-electron chi connectivity index (χ0n) is 12.0. The van der Waals surface area contributed by atoms with Crippen LogP contribution in [0.25, 0.3) is 0 Å². The van der Waals surface area contributed by atoms with Crippen LogP contribution in [0.15, 0.2) is 30.3 Å². The molecule has 0 spiro atoms. The van der Waals surface area contributed by atoms with Crippen LogP contribution in [0.2, 0.25) is 0 Å². The van der Waals surface area contributed by atoms with Gasteiger partial charge in [-0.25, -0.2) is 0 Å². The third-order valence-corrected chi connectivity index (χ3v) is 3.29. The molecule has 2 nitrogen and oxygen atoms in total. The first-order valence-electron chi connectivity index (χ1n) is 7.07. The molecule has 2 unspecified atom stereocenters. The van der Waals surface area contributed by atoms with E-state index in [1.165, 1.54) is 24.8 Å². The van der Waals surface area contributed by atoms with Crippen LogP contribution >= 0.6 is 0 Å². The average Bonchev–Trinajstić information content (AvgIpc) is 2.42. The fraction of sp³-hybridized carbons (Fsp3) is 0.625. The minimum absolute atomic E-state index is 0.470. The van der Waals surface area contributed by atoms with E-state index in [1.807, 2.05) is 0 Å². The van der Waals surface area contributed by atoms with Crippen LogP contribution in [-0.2, 0) is 4.74 Å². The molecule has 2 heteroatoms. The van der Waals surface area contributed by atoms with Crippen molar-refractivity contribution in [1.29, 1.82) is 0 Å². The Morgan fingerprint density at radius 1 is 1.17 bits per heavy atom. The largest absolute Gasteiger partial charge is 0.385 e. The molecule has 0 aliphatic heterocycles. The molecule has 0 heterocycles. The minimum atomic E-state index is 0.470. The Morgan fingerprint density at radius 2 is 1.89 bits per heavy atom. The molecule has 1 aromatic rings. The van der Waals surface area contributed by atoms with Crippen molar-refractivity contribution in [2.24, 2.45) is 0 Å². The number of rotatable bonds is 9. The van der Waals surface area contributed by atoms with Crippen molar-refractivity contribution in [3.8, 4) is 0 Å². The van der Waals surface area contributed by atoms with Gasteiger partial charge in [-0.1, -0.05) is 50.1 Å². The number of unbranched alkanes of at least 4 members (excludes halogenated alkanes) is 1. The van der Waals surface area contributed by atoms with Gasteiger partial charge in [0.05, 0.1) is 0 Å². The zero-order chi connectivity index (χ0) is 13.2. The highest BCUT2D eigenvalue weighted by Gasteiger charge is 2.13. The van der Waals surface area contributed by atoms with Gasteiger partial charge in [-0.15, -0.1) is 0 Å². The third kappa shape index (κ3) is 5.65. The van der Waals surface area contributed by atoms with Crippen molar-refractivity contribution >= 4 is 0 Å². The number of ether oxygens (including phenoxy) is 1. The van der Waals surface area contributed by atoms with E-state index in [-0.39, 0.29) is 0 Å². The smallest absolute Gasteiger partial charge is 0.0476 e. The summed E-state index contributed by atoms with van der Waals surface area (Å²) < 4.78 is 5.14. The van der Waals surface area contributed by atoms with Gasteiger partial charge in [0.2, 0.25) is 0 Å². The van der Waals surface area contributed by atoms with Crippen molar-refractivity contribution in [3.05, 3.63) is 35.9 Å². The van der Waals surface area contributed by atoms with E-state index >= 15 is 0 Å². The highest BCUT2D eigenvalue weighted by atomic mass is 16.5. The second-order valence-corrected chi connectivity index (χ2v) is 4.95. The summed E-state index contributed by atoms with van der Waals surface area (Å²) in [5.74, 6) is 0. The van der Waals surface area contributed by atoms with E-state index in [9.17, 15) is 0 Å². The van der Waals surface area contributed by atoms with Crippen LogP contribution in [0, 0.1) is 0 Å². The molecular formula is C16H27NO. The summed E-state index contributed by atoms with van der Waals surface area (Å²) in [5, 5.41) is 3.72. The van der Waals surface area contributed by atoms with Crippen LogP contribution in [0.3, 0.4) is 0 Å². The molecule has 0 radical (unpaired) electrons. The molecule has 18 heavy (non-hydrogen) atoms. The van der Waals surface area contributed by atoms with E-state index in [0.29, 0.717) is 12.1 Å². The second kappa shape index (κ2) is 9.12. The van der Waals surface area contributed by atoms with Gasteiger partial charge >= 0.3 is 0 Å². The lowest BCUT2D eigenvalue weighted by molar-refractivity contribution is 0.182. The van der Waals surface area contributed by atoms with E-state index in [4.69, 9.17) is 4.74 Å². The first-order chi connectivity index (χ1) is 8.77. The summed E-state index contributed by atoms with van der Waals surface area (Å²) in [6.07, 6.45) is 4.78. The lowest BCUT2D eigenvalue weighted by Crippen LogP contribution is -2.31. The maximum absolute atomic E-state index is 5.14. The first-order valence-corrected chi connectivity index (χ1v) is 7.07. The molecule has 1 rings (SSSR count). The fourth-order valence-corrected chi connectivity index (χ4v) is 2.16.